The van der Waals surface area contributed by atoms with E-state index >= 15 is 0 Å². The highest BCUT2D eigenvalue weighted by Gasteiger charge is 2.25. The Hall–Kier alpha value is -2.03. The van der Waals surface area contributed by atoms with Crippen molar-refractivity contribution in [2.45, 2.75) is 20.3 Å². The van der Waals surface area contributed by atoms with Gasteiger partial charge in [0.2, 0.25) is 5.91 Å². The van der Waals surface area contributed by atoms with Crippen molar-refractivity contribution in [3.05, 3.63) is 34.5 Å². The lowest BCUT2D eigenvalue weighted by Gasteiger charge is -2.22. The Kier molecular flexibility index (Phi) is 8.82. The lowest BCUT2D eigenvalue weighted by molar-refractivity contribution is -0.130. The van der Waals surface area contributed by atoms with E-state index in [2.05, 4.69) is 15.9 Å². The average molecular weight is 456 g/mol. The van der Waals surface area contributed by atoms with Gasteiger partial charge in [0, 0.05) is 33.4 Å². The molecule has 7 nitrogen and oxygen atoms in total. The van der Waals surface area contributed by atoms with Gasteiger partial charge in [-0.15, -0.1) is 0 Å². The molecule has 0 aliphatic carbocycles. The fourth-order valence-corrected chi connectivity index (χ4v) is 3.39. The average Bonchev–Trinajstić information content (AvgIpc) is 3.22. The van der Waals surface area contributed by atoms with Crippen LogP contribution in [0.1, 0.15) is 19.4 Å². The second-order valence-electron chi connectivity index (χ2n) is 5.86. The van der Waals surface area contributed by atoms with Crippen LogP contribution in [0.3, 0.4) is 0 Å². The third-order valence-electron chi connectivity index (χ3n) is 4.17. The Morgan fingerprint density at radius 3 is 2.29 bits per heavy atom. The highest BCUT2D eigenvalue weighted by atomic mass is 79.9. The minimum absolute atomic E-state index is 0.0000826. The molecule has 0 spiro atoms. The van der Waals surface area contributed by atoms with Crippen LogP contribution in [0.25, 0.3) is 11.3 Å². The summed E-state index contributed by atoms with van der Waals surface area (Å²) in [5, 5.41) is 0. The highest BCUT2D eigenvalue weighted by Crippen LogP contribution is 2.44. The summed E-state index contributed by atoms with van der Waals surface area (Å²) in [6.07, 6.45) is 1.74. The lowest BCUT2D eigenvalue weighted by atomic mass is 9.99. The third kappa shape index (κ3) is 5.27. The number of benzene rings is 1. The molecule has 0 fully saturated rings. The summed E-state index contributed by atoms with van der Waals surface area (Å²) in [6, 6.07) is 5.34. The number of carbonyl (C=O) groups is 1. The molecule has 0 N–H and O–H groups in total. The van der Waals surface area contributed by atoms with Crippen LogP contribution in [-0.4, -0.2) is 51.7 Å². The van der Waals surface area contributed by atoms with Crippen molar-refractivity contribution in [2.75, 3.05) is 40.9 Å². The fourth-order valence-electron chi connectivity index (χ4n) is 2.82. The van der Waals surface area contributed by atoms with Crippen molar-refractivity contribution >= 4 is 21.8 Å². The van der Waals surface area contributed by atoms with E-state index in [-0.39, 0.29) is 25.9 Å². The molecule has 2 rings (SSSR count). The van der Waals surface area contributed by atoms with Gasteiger partial charge in [0.25, 0.3) is 0 Å². The zero-order valence-corrected chi connectivity index (χ0v) is 18.2. The van der Waals surface area contributed by atoms with E-state index in [4.69, 9.17) is 23.4 Å². The number of carbonyl (C=O) groups excluding carboxylic acids is 1. The van der Waals surface area contributed by atoms with Gasteiger partial charge in [-0.1, -0.05) is 0 Å². The van der Waals surface area contributed by atoms with Crippen LogP contribution >= 0.6 is 15.9 Å². The van der Waals surface area contributed by atoms with Crippen molar-refractivity contribution in [1.29, 1.82) is 0 Å². The van der Waals surface area contributed by atoms with Gasteiger partial charge in [0.05, 0.1) is 22.7 Å². The Morgan fingerprint density at radius 2 is 1.75 bits per heavy atom. The van der Waals surface area contributed by atoms with E-state index in [9.17, 15) is 4.79 Å². The highest BCUT2D eigenvalue weighted by molar-refractivity contribution is 9.10. The maximum atomic E-state index is 12.8. The van der Waals surface area contributed by atoms with Crippen LogP contribution in [0.4, 0.5) is 0 Å². The molecule has 0 aliphatic rings. The number of hydrogen-bond acceptors (Lipinski definition) is 6. The third-order valence-corrected chi connectivity index (χ3v) is 5.04. The molecule has 154 valence electrons. The molecule has 1 amide bonds. The number of methoxy groups -OCH3 is 2. The summed E-state index contributed by atoms with van der Waals surface area (Å²) in [5.41, 5.74) is 1.39. The molecule has 0 aliphatic heterocycles. The van der Waals surface area contributed by atoms with Crippen LogP contribution < -0.4 is 9.47 Å². The van der Waals surface area contributed by atoms with E-state index in [1.165, 1.54) is 7.11 Å². The summed E-state index contributed by atoms with van der Waals surface area (Å²) >= 11 is 3.59. The van der Waals surface area contributed by atoms with Gasteiger partial charge in [-0.25, -0.2) is 0 Å². The fraction of sp³-hybridized carbons (Fsp3) is 0.450. The van der Waals surface area contributed by atoms with Gasteiger partial charge in [-0.05, 0) is 47.5 Å². The van der Waals surface area contributed by atoms with Gasteiger partial charge < -0.3 is 28.3 Å². The molecule has 0 unspecified atom stereocenters. The van der Waals surface area contributed by atoms with Gasteiger partial charge in [-0.2, -0.15) is 0 Å². The van der Waals surface area contributed by atoms with E-state index in [0.717, 1.165) is 0 Å². The molecule has 0 atom stereocenters. The molecule has 0 bridgehead atoms. The minimum atomic E-state index is 0.0000826. The number of rotatable bonds is 11. The van der Waals surface area contributed by atoms with Gasteiger partial charge in [0.15, 0.2) is 13.6 Å². The lowest BCUT2D eigenvalue weighted by Crippen LogP contribution is -2.32. The van der Waals surface area contributed by atoms with Crippen LogP contribution in [0.5, 0.6) is 11.5 Å². The molecule has 0 radical (unpaired) electrons. The molecular formula is C20H26BrNO6. The largest absolute Gasteiger partial charge is 0.467 e. The summed E-state index contributed by atoms with van der Waals surface area (Å²) in [5.74, 6) is 1.59. The van der Waals surface area contributed by atoms with E-state index in [0.29, 0.717) is 45.9 Å². The van der Waals surface area contributed by atoms with Crippen molar-refractivity contribution in [2.24, 2.45) is 0 Å². The summed E-state index contributed by atoms with van der Waals surface area (Å²) < 4.78 is 27.8. The first kappa shape index (κ1) is 22.3. The first-order valence-corrected chi connectivity index (χ1v) is 9.77. The first-order valence-electron chi connectivity index (χ1n) is 8.97. The molecule has 2 aromatic rings. The number of amides is 1. The predicted molar refractivity (Wildman–Crippen MR) is 108 cm³/mol. The normalized spacial score (nSPS) is 10.8. The van der Waals surface area contributed by atoms with E-state index in [1.807, 2.05) is 19.9 Å². The predicted octanol–water partition coefficient (Wildman–Crippen LogP) is 4.09. The van der Waals surface area contributed by atoms with Crippen LogP contribution in [-0.2, 0) is 20.7 Å². The quantitative estimate of drug-likeness (QED) is 0.475. The number of hydrogen-bond donors (Lipinski definition) is 0. The van der Waals surface area contributed by atoms with Crippen LogP contribution in [0.15, 0.2) is 33.4 Å². The maximum Gasteiger partial charge on any atom is 0.227 e. The number of nitrogens with zero attached hydrogens (tertiary/aromatic N) is 1. The topological polar surface area (TPSA) is 70.4 Å². The van der Waals surface area contributed by atoms with Gasteiger partial charge in [-0.3, -0.25) is 4.79 Å². The zero-order chi connectivity index (χ0) is 20.5. The molecule has 8 heteroatoms. The van der Waals surface area contributed by atoms with Crippen LogP contribution in [0.2, 0.25) is 0 Å². The number of halogens is 1. The molecule has 0 saturated heterocycles. The molecule has 28 heavy (non-hydrogen) atoms. The van der Waals surface area contributed by atoms with Crippen molar-refractivity contribution < 1.29 is 28.2 Å². The van der Waals surface area contributed by atoms with Gasteiger partial charge >= 0.3 is 0 Å². The number of furan rings is 1. The Labute approximate surface area is 173 Å². The monoisotopic (exact) mass is 455 g/mol. The molecule has 1 aromatic heterocycles. The summed E-state index contributed by atoms with van der Waals surface area (Å²) in [6.45, 7) is 5.28. The molecule has 0 saturated carbocycles. The Bertz CT molecular complexity index is 759. The maximum absolute atomic E-state index is 12.8. The van der Waals surface area contributed by atoms with E-state index < -0.39 is 0 Å². The Morgan fingerprint density at radius 1 is 1.11 bits per heavy atom. The van der Waals surface area contributed by atoms with Crippen molar-refractivity contribution in [3.63, 3.8) is 0 Å². The molecule has 1 heterocycles. The smallest absolute Gasteiger partial charge is 0.227 e. The molecular weight excluding hydrogens is 430 g/mol. The first-order chi connectivity index (χ1) is 13.6. The second-order valence-corrected chi connectivity index (χ2v) is 6.66. The van der Waals surface area contributed by atoms with Crippen LogP contribution in [0, 0.1) is 0 Å². The van der Waals surface area contributed by atoms with Crippen molar-refractivity contribution in [3.8, 4) is 22.8 Å². The standard InChI is InChI=1S/C20H26BrNO6/c1-5-22(6-2)18(23)10-14-19(15-8-7-9-26-15)16(27-12-24-3)11-17(20(14)21)28-13-25-4/h7-9,11H,5-6,10,12-13H2,1-4H3. The molecule has 1 aromatic carbocycles. The Balaban J connectivity index is 2.60. The van der Waals surface area contributed by atoms with Gasteiger partial charge in [0.1, 0.15) is 17.3 Å². The summed E-state index contributed by atoms with van der Waals surface area (Å²) in [4.78, 5) is 14.6. The SMILES string of the molecule is CCN(CC)C(=O)Cc1c(Br)c(OCOC)cc(OCOC)c1-c1ccco1. The number of ether oxygens (including phenoxy) is 4. The minimum Gasteiger partial charge on any atom is -0.467 e. The van der Waals surface area contributed by atoms with E-state index in [1.54, 1.807) is 30.4 Å². The second kappa shape index (κ2) is 11.1. The van der Waals surface area contributed by atoms with Crippen molar-refractivity contribution in [1.82, 2.24) is 4.90 Å². The number of likely N-dealkylation sites (N-methyl/N-ethyl adjacent to an activating group) is 1. The summed E-state index contributed by atoms with van der Waals surface area (Å²) in [7, 11) is 3.08. The zero-order valence-electron chi connectivity index (χ0n) is 16.6.